The van der Waals surface area contributed by atoms with Crippen LogP contribution in [0.3, 0.4) is 0 Å². The van der Waals surface area contributed by atoms with Crippen molar-refractivity contribution < 1.29 is 4.92 Å². The Morgan fingerprint density at radius 2 is 2.24 bits per heavy atom. The van der Waals surface area contributed by atoms with Gasteiger partial charge in [-0.3, -0.25) is 15.1 Å². The number of nitro benzene ring substituents is 1. The summed E-state index contributed by atoms with van der Waals surface area (Å²) in [4.78, 5) is 19.1. The number of hydrogen-bond acceptors (Lipinski definition) is 6. The Balaban J connectivity index is 2.02. The molecule has 2 heterocycles. The van der Waals surface area contributed by atoms with Crippen LogP contribution in [0.5, 0.6) is 0 Å². The second-order valence-corrected chi connectivity index (χ2v) is 5.53. The van der Waals surface area contributed by atoms with E-state index in [9.17, 15) is 10.1 Å². The molecule has 0 fully saturated rings. The summed E-state index contributed by atoms with van der Waals surface area (Å²) in [5.74, 6) is 0. The van der Waals surface area contributed by atoms with Gasteiger partial charge in [-0.2, -0.15) is 0 Å². The van der Waals surface area contributed by atoms with E-state index in [1.54, 1.807) is 29.7 Å². The Hall–Kier alpha value is -2.54. The van der Waals surface area contributed by atoms with Gasteiger partial charge in [0.2, 0.25) is 0 Å². The lowest BCUT2D eigenvalue weighted by atomic mass is 10.1. The Labute approximate surface area is 124 Å². The molecule has 0 aliphatic heterocycles. The fraction of sp³-hybridized carbons (Fsp3) is 0.143. The van der Waals surface area contributed by atoms with E-state index in [2.05, 4.69) is 15.3 Å². The van der Waals surface area contributed by atoms with Gasteiger partial charge in [0.15, 0.2) is 0 Å². The second-order valence-electron chi connectivity index (χ2n) is 4.55. The SMILES string of the molecule is Cc1cc(NCc2nccs2)c2cc([N+](=O)[O-])ccc2n1. The van der Waals surface area contributed by atoms with Crippen LogP contribution < -0.4 is 5.32 Å². The lowest BCUT2D eigenvalue weighted by molar-refractivity contribution is -0.384. The van der Waals surface area contributed by atoms with Gasteiger partial charge in [-0.15, -0.1) is 11.3 Å². The number of rotatable bonds is 4. The second kappa shape index (κ2) is 5.45. The molecule has 0 saturated heterocycles. The molecule has 1 N–H and O–H groups in total. The van der Waals surface area contributed by atoms with E-state index >= 15 is 0 Å². The molecule has 2 aromatic heterocycles. The predicted molar refractivity (Wildman–Crippen MR) is 82.6 cm³/mol. The predicted octanol–water partition coefficient (Wildman–Crippen LogP) is 3.52. The van der Waals surface area contributed by atoms with Gasteiger partial charge in [-0.05, 0) is 19.1 Å². The number of thiazole rings is 1. The van der Waals surface area contributed by atoms with Crippen molar-refractivity contribution in [2.45, 2.75) is 13.5 Å². The first kappa shape index (κ1) is 13.4. The molecule has 106 valence electrons. The third kappa shape index (κ3) is 2.82. The molecule has 6 nitrogen and oxygen atoms in total. The van der Waals surface area contributed by atoms with E-state index in [4.69, 9.17) is 0 Å². The van der Waals surface area contributed by atoms with E-state index in [0.717, 1.165) is 27.3 Å². The van der Waals surface area contributed by atoms with Gasteiger partial charge in [0.25, 0.3) is 5.69 Å². The van der Waals surface area contributed by atoms with Crippen molar-refractivity contribution in [3.05, 3.63) is 56.7 Å². The zero-order valence-electron chi connectivity index (χ0n) is 11.2. The molecular formula is C14H12N4O2S. The maximum atomic E-state index is 10.9. The summed E-state index contributed by atoms with van der Waals surface area (Å²) in [7, 11) is 0. The van der Waals surface area contributed by atoms with Gasteiger partial charge in [0.1, 0.15) is 5.01 Å². The number of non-ortho nitro benzene ring substituents is 1. The van der Waals surface area contributed by atoms with Gasteiger partial charge in [0.05, 0.1) is 17.0 Å². The fourth-order valence-corrected chi connectivity index (χ4v) is 2.67. The smallest absolute Gasteiger partial charge is 0.270 e. The fourth-order valence-electron chi connectivity index (χ4n) is 2.12. The summed E-state index contributed by atoms with van der Waals surface area (Å²) in [6.45, 7) is 2.48. The largest absolute Gasteiger partial charge is 0.378 e. The number of nitrogens with one attached hydrogen (secondary N) is 1. The van der Waals surface area contributed by atoms with Crippen molar-refractivity contribution in [2.24, 2.45) is 0 Å². The molecule has 0 bridgehead atoms. The zero-order valence-corrected chi connectivity index (χ0v) is 12.1. The highest BCUT2D eigenvalue weighted by Gasteiger charge is 2.11. The van der Waals surface area contributed by atoms with Crippen molar-refractivity contribution in [3.8, 4) is 0 Å². The summed E-state index contributed by atoms with van der Waals surface area (Å²) in [5, 5.41) is 17.8. The summed E-state index contributed by atoms with van der Waals surface area (Å²) < 4.78 is 0. The number of anilines is 1. The number of nitro groups is 1. The Morgan fingerprint density at radius 1 is 1.38 bits per heavy atom. The summed E-state index contributed by atoms with van der Waals surface area (Å²) in [6, 6.07) is 6.58. The van der Waals surface area contributed by atoms with E-state index in [0.29, 0.717) is 6.54 Å². The van der Waals surface area contributed by atoms with E-state index < -0.39 is 4.92 Å². The number of benzene rings is 1. The quantitative estimate of drug-likeness (QED) is 0.589. The maximum absolute atomic E-state index is 10.9. The zero-order chi connectivity index (χ0) is 14.8. The molecule has 0 spiro atoms. The van der Waals surface area contributed by atoms with Crippen LogP contribution in [0.4, 0.5) is 11.4 Å². The van der Waals surface area contributed by atoms with Crippen LogP contribution in [-0.2, 0) is 6.54 Å². The molecule has 0 unspecified atom stereocenters. The van der Waals surface area contributed by atoms with E-state index in [1.807, 2.05) is 18.4 Å². The minimum absolute atomic E-state index is 0.0606. The molecule has 3 rings (SSSR count). The van der Waals surface area contributed by atoms with Crippen LogP contribution >= 0.6 is 11.3 Å². The number of pyridine rings is 1. The average Bonchev–Trinajstić information content (AvgIpc) is 2.97. The van der Waals surface area contributed by atoms with Crippen LogP contribution in [0.1, 0.15) is 10.7 Å². The molecule has 0 amide bonds. The van der Waals surface area contributed by atoms with Crippen LogP contribution in [0, 0.1) is 17.0 Å². The van der Waals surface area contributed by atoms with Crippen LogP contribution in [-0.4, -0.2) is 14.9 Å². The average molecular weight is 300 g/mol. The summed E-state index contributed by atoms with van der Waals surface area (Å²) in [6.07, 6.45) is 1.75. The lowest BCUT2D eigenvalue weighted by Gasteiger charge is -2.09. The number of nitrogens with zero attached hydrogens (tertiary/aromatic N) is 3. The van der Waals surface area contributed by atoms with Gasteiger partial charge < -0.3 is 5.32 Å². The molecule has 0 aliphatic carbocycles. The molecular weight excluding hydrogens is 288 g/mol. The highest BCUT2D eigenvalue weighted by Crippen LogP contribution is 2.27. The van der Waals surface area contributed by atoms with Crippen LogP contribution in [0.25, 0.3) is 10.9 Å². The molecule has 21 heavy (non-hydrogen) atoms. The maximum Gasteiger partial charge on any atom is 0.270 e. The lowest BCUT2D eigenvalue weighted by Crippen LogP contribution is -2.01. The molecule has 3 aromatic rings. The van der Waals surface area contributed by atoms with Gasteiger partial charge in [-0.25, -0.2) is 4.98 Å². The van der Waals surface area contributed by atoms with Crippen molar-refractivity contribution in [3.63, 3.8) is 0 Å². The Kier molecular flexibility index (Phi) is 3.49. The third-order valence-electron chi connectivity index (χ3n) is 3.04. The monoisotopic (exact) mass is 300 g/mol. The molecule has 7 heteroatoms. The van der Waals surface area contributed by atoms with Crippen molar-refractivity contribution in [1.82, 2.24) is 9.97 Å². The van der Waals surface area contributed by atoms with E-state index in [1.165, 1.54) is 6.07 Å². The first-order valence-electron chi connectivity index (χ1n) is 6.31. The normalized spacial score (nSPS) is 10.7. The first-order valence-corrected chi connectivity index (χ1v) is 7.19. The topological polar surface area (TPSA) is 81.0 Å². The minimum atomic E-state index is -0.399. The highest BCUT2D eigenvalue weighted by molar-refractivity contribution is 7.09. The summed E-state index contributed by atoms with van der Waals surface area (Å²) >= 11 is 1.56. The number of fused-ring (bicyclic) bond motifs is 1. The van der Waals surface area contributed by atoms with Crippen molar-refractivity contribution in [1.29, 1.82) is 0 Å². The number of aryl methyl sites for hydroxylation is 1. The molecule has 0 radical (unpaired) electrons. The van der Waals surface area contributed by atoms with Gasteiger partial charge in [0, 0.05) is 40.5 Å². The highest BCUT2D eigenvalue weighted by atomic mass is 32.1. The number of hydrogen-bond donors (Lipinski definition) is 1. The van der Waals surface area contributed by atoms with Crippen LogP contribution in [0.15, 0.2) is 35.8 Å². The van der Waals surface area contributed by atoms with Crippen molar-refractivity contribution >= 4 is 33.6 Å². The van der Waals surface area contributed by atoms with Gasteiger partial charge in [-0.1, -0.05) is 0 Å². The van der Waals surface area contributed by atoms with Crippen LogP contribution in [0.2, 0.25) is 0 Å². The van der Waals surface area contributed by atoms with Gasteiger partial charge >= 0.3 is 0 Å². The molecule has 0 saturated carbocycles. The Bertz CT molecular complexity index is 802. The Morgan fingerprint density at radius 3 is 2.95 bits per heavy atom. The van der Waals surface area contributed by atoms with Crippen molar-refractivity contribution in [2.75, 3.05) is 5.32 Å². The minimum Gasteiger partial charge on any atom is -0.378 e. The molecule has 0 aliphatic rings. The summed E-state index contributed by atoms with van der Waals surface area (Å²) in [5.41, 5.74) is 2.49. The third-order valence-corrected chi connectivity index (χ3v) is 3.82. The standard InChI is InChI=1S/C14H12N4O2S/c1-9-6-13(16-8-14-15-4-5-21-14)11-7-10(18(19)20)2-3-12(11)17-9/h2-7H,8H2,1H3,(H,16,17). The van der Waals surface area contributed by atoms with E-state index in [-0.39, 0.29) is 5.69 Å². The molecule has 0 atom stereocenters. The molecule has 1 aromatic carbocycles. The first-order chi connectivity index (χ1) is 10.1. The number of aromatic nitrogens is 2.